The van der Waals surface area contributed by atoms with Crippen molar-refractivity contribution in [2.75, 3.05) is 45.7 Å². The van der Waals surface area contributed by atoms with Gasteiger partial charge in [-0.05, 0) is 130 Å². The average molecular weight is 636 g/mol. The molecule has 2 heterocycles. The number of methoxy groups -OCH3 is 1. The van der Waals surface area contributed by atoms with E-state index in [1.807, 2.05) is 50.4 Å². The van der Waals surface area contributed by atoms with Crippen molar-refractivity contribution in [2.24, 2.45) is 5.92 Å². The summed E-state index contributed by atoms with van der Waals surface area (Å²) in [4.78, 5) is 43.2. The van der Waals surface area contributed by atoms with Crippen LogP contribution in [0.3, 0.4) is 0 Å². The number of nitrogens with zero attached hydrogens (tertiary/aromatic N) is 2. The third-order valence-corrected chi connectivity index (χ3v) is 9.74. The van der Waals surface area contributed by atoms with Gasteiger partial charge >= 0.3 is 5.97 Å². The van der Waals surface area contributed by atoms with Crippen LogP contribution >= 0.6 is 0 Å². The molecule has 0 aliphatic carbocycles. The summed E-state index contributed by atoms with van der Waals surface area (Å²) in [6.07, 6.45) is 7.55. The zero-order chi connectivity index (χ0) is 33.3. The normalized spacial score (nSPS) is 17.1. The summed E-state index contributed by atoms with van der Waals surface area (Å²) in [5, 5.41) is 3.19. The smallest absolute Gasteiger partial charge is 0.337 e. The molecule has 7 heteroatoms. The number of Topliss-reactive ketones (excluding diaryl/α,β-unsaturated/α-hetero) is 1. The highest BCUT2D eigenvalue weighted by Gasteiger charge is 2.34. The quantitative estimate of drug-likeness (QED) is 0.0915. The van der Waals surface area contributed by atoms with Crippen LogP contribution in [-0.2, 0) is 20.7 Å². The lowest BCUT2D eigenvalue weighted by molar-refractivity contribution is -0.118. The third-order valence-electron chi connectivity index (χ3n) is 9.74. The Labute approximate surface area is 280 Å². The number of benzene rings is 3. The van der Waals surface area contributed by atoms with Crippen LogP contribution in [0.2, 0.25) is 0 Å². The summed E-state index contributed by atoms with van der Waals surface area (Å²) in [5.74, 6) is 0.603. The van der Waals surface area contributed by atoms with E-state index in [1.54, 1.807) is 17.0 Å². The van der Waals surface area contributed by atoms with E-state index < -0.39 is 5.97 Å². The summed E-state index contributed by atoms with van der Waals surface area (Å²) in [6, 6.07) is 23.7. The first kappa shape index (κ1) is 34.3. The van der Waals surface area contributed by atoms with Gasteiger partial charge in [-0.15, -0.1) is 0 Å². The fourth-order valence-electron chi connectivity index (χ4n) is 6.66. The molecule has 1 amide bonds. The molecule has 5 rings (SSSR count). The molecule has 3 aromatic carbocycles. The second-order valence-electron chi connectivity index (χ2n) is 13.2. The molecule has 1 N–H and O–H groups in total. The summed E-state index contributed by atoms with van der Waals surface area (Å²) < 4.78 is 4.92. The minimum absolute atomic E-state index is 0.0844. The van der Waals surface area contributed by atoms with Crippen LogP contribution in [0.25, 0.3) is 11.1 Å². The SMILES string of the molecule is COC(=O)c1ccc(/C(C(=O)C2CN2)=C(/CCCc2ccc(N(C)C(=O)CCCC3CCN(C)CC3)cc2)c2ccccc2)c(C)c1. The highest BCUT2D eigenvalue weighted by molar-refractivity contribution is 6.31. The number of aryl methyl sites for hydroxylation is 2. The lowest BCUT2D eigenvalue weighted by Gasteiger charge is -2.29. The second-order valence-corrected chi connectivity index (χ2v) is 13.2. The number of carbonyl (C=O) groups excluding carboxylic acids is 3. The minimum Gasteiger partial charge on any atom is -0.465 e. The van der Waals surface area contributed by atoms with E-state index in [0.717, 1.165) is 72.6 Å². The topological polar surface area (TPSA) is 88.9 Å². The number of hydrogen-bond donors (Lipinski definition) is 1. The van der Waals surface area contributed by atoms with E-state index in [0.29, 0.717) is 30.5 Å². The van der Waals surface area contributed by atoms with Crippen LogP contribution in [0.4, 0.5) is 5.69 Å². The van der Waals surface area contributed by atoms with Gasteiger partial charge in [0.15, 0.2) is 5.78 Å². The van der Waals surface area contributed by atoms with Gasteiger partial charge in [-0.1, -0.05) is 48.5 Å². The van der Waals surface area contributed by atoms with Gasteiger partial charge in [-0.3, -0.25) is 9.59 Å². The number of ketones is 1. The number of likely N-dealkylation sites (tertiary alicyclic amines) is 1. The molecule has 2 saturated heterocycles. The second kappa shape index (κ2) is 16.2. The van der Waals surface area contributed by atoms with Crippen molar-refractivity contribution in [1.29, 1.82) is 0 Å². The zero-order valence-electron chi connectivity index (χ0n) is 28.4. The summed E-state index contributed by atoms with van der Waals surface area (Å²) >= 11 is 0. The van der Waals surface area contributed by atoms with Crippen molar-refractivity contribution in [1.82, 2.24) is 10.2 Å². The standard InChI is InChI=1S/C40H49N3O4/c1-28-26-32(40(46)47-4)18-21-34(28)38(39(45)36-27-41-36)35(31-12-6-5-7-13-31)14-8-10-29-16-19-33(20-17-29)43(3)37(44)15-9-11-30-22-24-42(2)25-23-30/h5-7,12-13,16-21,26,30,36,41H,8-11,14-15,22-25,27H2,1-4H3/b38-35+. The van der Waals surface area contributed by atoms with Crippen molar-refractivity contribution in [3.63, 3.8) is 0 Å². The molecule has 0 saturated carbocycles. The number of carbonyl (C=O) groups is 3. The van der Waals surface area contributed by atoms with Crippen LogP contribution in [0.1, 0.15) is 77.6 Å². The Kier molecular flexibility index (Phi) is 11.8. The maximum atomic E-state index is 13.8. The van der Waals surface area contributed by atoms with Gasteiger partial charge in [-0.25, -0.2) is 4.79 Å². The van der Waals surface area contributed by atoms with Crippen LogP contribution in [0.15, 0.2) is 72.8 Å². The maximum absolute atomic E-state index is 13.8. The van der Waals surface area contributed by atoms with Crippen molar-refractivity contribution >= 4 is 34.5 Å². The number of amides is 1. The van der Waals surface area contributed by atoms with Crippen LogP contribution < -0.4 is 10.2 Å². The molecule has 3 aromatic rings. The minimum atomic E-state index is -0.395. The van der Waals surface area contributed by atoms with Crippen molar-refractivity contribution < 1.29 is 19.1 Å². The number of hydrogen-bond acceptors (Lipinski definition) is 6. The summed E-state index contributed by atoms with van der Waals surface area (Å²) in [5.41, 5.74) is 7.04. The first-order valence-corrected chi connectivity index (χ1v) is 17.0. The molecule has 7 nitrogen and oxygen atoms in total. The molecule has 2 fully saturated rings. The summed E-state index contributed by atoms with van der Waals surface area (Å²) in [7, 11) is 5.43. The highest BCUT2D eigenvalue weighted by atomic mass is 16.5. The van der Waals surface area contributed by atoms with E-state index in [1.165, 1.54) is 25.5 Å². The fourth-order valence-corrected chi connectivity index (χ4v) is 6.66. The van der Waals surface area contributed by atoms with Crippen LogP contribution in [0.5, 0.6) is 0 Å². The molecular formula is C40H49N3O4. The number of piperidine rings is 1. The van der Waals surface area contributed by atoms with Gasteiger partial charge in [0.05, 0.1) is 18.7 Å². The maximum Gasteiger partial charge on any atom is 0.337 e. The number of nitrogens with one attached hydrogen (secondary N) is 1. The Morgan fingerprint density at radius 1 is 0.915 bits per heavy atom. The number of esters is 1. The Balaban J connectivity index is 1.27. The fraction of sp³-hybridized carbons (Fsp3) is 0.425. The van der Waals surface area contributed by atoms with E-state index in [-0.39, 0.29) is 17.7 Å². The first-order chi connectivity index (χ1) is 22.7. The van der Waals surface area contributed by atoms with Gasteiger partial charge in [-0.2, -0.15) is 0 Å². The highest BCUT2D eigenvalue weighted by Crippen LogP contribution is 2.35. The molecule has 1 atom stereocenters. The Morgan fingerprint density at radius 2 is 1.62 bits per heavy atom. The molecule has 2 aliphatic rings. The van der Waals surface area contributed by atoms with E-state index >= 15 is 0 Å². The lowest BCUT2D eigenvalue weighted by atomic mass is 9.85. The van der Waals surface area contributed by atoms with Gasteiger partial charge in [0.25, 0.3) is 0 Å². The molecule has 0 radical (unpaired) electrons. The monoisotopic (exact) mass is 635 g/mol. The van der Waals surface area contributed by atoms with Crippen LogP contribution in [0, 0.1) is 12.8 Å². The molecule has 1 unspecified atom stereocenters. The van der Waals surface area contributed by atoms with E-state index in [9.17, 15) is 14.4 Å². The van der Waals surface area contributed by atoms with Crippen molar-refractivity contribution in [2.45, 2.75) is 64.3 Å². The van der Waals surface area contributed by atoms with Gasteiger partial charge in [0.2, 0.25) is 5.91 Å². The van der Waals surface area contributed by atoms with E-state index in [2.05, 4.69) is 41.5 Å². The van der Waals surface area contributed by atoms with Crippen molar-refractivity contribution in [3.8, 4) is 0 Å². The van der Waals surface area contributed by atoms with E-state index in [4.69, 9.17) is 4.74 Å². The molecule has 0 bridgehead atoms. The summed E-state index contributed by atoms with van der Waals surface area (Å²) in [6.45, 7) is 4.94. The van der Waals surface area contributed by atoms with Gasteiger partial charge in [0.1, 0.15) is 0 Å². The molecule has 0 spiro atoms. The predicted octanol–water partition coefficient (Wildman–Crippen LogP) is 6.73. The Morgan fingerprint density at radius 3 is 2.26 bits per heavy atom. The number of rotatable bonds is 14. The number of ether oxygens (including phenoxy) is 1. The molecule has 0 aromatic heterocycles. The van der Waals surface area contributed by atoms with Gasteiger partial charge < -0.3 is 19.9 Å². The first-order valence-electron chi connectivity index (χ1n) is 17.0. The average Bonchev–Trinajstić information content (AvgIpc) is 3.95. The molecule has 248 valence electrons. The van der Waals surface area contributed by atoms with Crippen LogP contribution in [-0.4, -0.2) is 69.4 Å². The predicted molar refractivity (Wildman–Crippen MR) is 189 cm³/mol. The van der Waals surface area contributed by atoms with Gasteiger partial charge in [0, 0.05) is 31.3 Å². The zero-order valence-corrected chi connectivity index (χ0v) is 28.4. The van der Waals surface area contributed by atoms with Crippen molar-refractivity contribution in [3.05, 3.63) is 101 Å². The molecule has 47 heavy (non-hydrogen) atoms. The number of allylic oxidation sites excluding steroid dienone is 1. The Bertz CT molecular complexity index is 1570. The molecular weight excluding hydrogens is 586 g/mol. The largest absolute Gasteiger partial charge is 0.465 e. The lowest BCUT2D eigenvalue weighted by Crippen LogP contribution is -2.30. The Hall–Kier alpha value is -4.07. The molecule has 2 aliphatic heterocycles. The third kappa shape index (κ3) is 9.05. The number of anilines is 1.